The van der Waals surface area contributed by atoms with Crippen molar-refractivity contribution in [1.82, 2.24) is 0 Å². The van der Waals surface area contributed by atoms with Gasteiger partial charge in [-0.2, -0.15) is 0 Å². The van der Waals surface area contributed by atoms with Crippen LogP contribution in [-0.2, 0) is 4.79 Å². The molecule has 0 saturated heterocycles. The Balaban J connectivity index is 2.86. The molecule has 0 heterocycles. The first-order valence-electron chi connectivity index (χ1n) is 5.04. The molecular weight excluding hydrogens is 266 g/mol. The van der Waals surface area contributed by atoms with E-state index in [0.29, 0.717) is 5.69 Å². The molecule has 0 saturated carbocycles. The van der Waals surface area contributed by atoms with E-state index in [1.807, 2.05) is 13.8 Å². The highest BCUT2D eigenvalue weighted by Crippen LogP contribution is 2.27. The summed E-state index contributed by atoms with van der Waals surface area (Å²) in [5.41, 5.74) is 5.98. The highest BCUT2D eigenvalue weighted by atomic mass is 35.5. The predicted octanol–water partition coefficient (Wildman–Crippen LogP) is 3.05. The Morgan fingerprint density at radius 3 is 2.24 bits per heavy atom. The smallest absolute Gasteiger partial charge is 0.241 e. The van der Waals surface area contributed by atoms with Gasteiger partial charge in [-0.05, 0) is 18.1 Å². The van der Waals surface area contributed by atoms with E-state index in [9.17, 15) is 9.18 Å². The van der Waals surface area contributed by atoms with Crippen LogP contribution in [0.5, 0.6) is 0 Å². The summed E-state index contributed by atoms with van der Waals surface area (Å²) in [5.74, 6) is -1.07. The Bertz CT molecular complexity index is 414. The average molecular weight is 279 g/mol. The van der Waals surface area contributed by atoms with E-state index >= 15 is 0 Å². The van der Waals surface area contributed by atoms with E-state index in [4.69, 9.17) is 28.9 Å². The minimum absolute atomic E-state index is 0.00129. The number of hydrogen-bond donors (Lipinski definition) is 2. The molecule has 0 aliphatic heterocycles. The van der Waals surface area contributed by atoms with Gasteiger partial charge in [-0.15, -0.1) is 0 Å². The fourth-order valence-electron chi connectivity index (χ4n) is 1.16. The Kier molecular flexibility index (Phi) is 4.74. The van der Waals surface area contributed by atoms with Crippen molar-refractivity contribution in [2.75, 3.05) is 5.32 Å². The van der Waals surface area contributed by atoms with Gasteiger partial charge in [0.05, 0.1) is 16.1 Å². The van der Waals surface area contributed by atoms with Gasteiger partial charge in [0, 0.05) is 5.69 Å². The Hall–Kier alpha value is -0.840. The topological polar surface area (TPSA) is 55.1 Å². The fourth-order valence-corrected chi connectivity index (χ4v) is 1.64. The number of amides is 1. The van der Waals surface area contributed by atoms with Crippen molar-refractivity contribution in [3.63, 3.8) is 0 Å². The van der Waals surface area contributed by atoms with Crippen LogP contribution in [0, 0.1) is 11.7 Å². The zero-order chi connectivity index (χ0) is 13.2. The maximum Gasteiger partial charge on any atom is 0.241 e. The van der Waals surface area contributed by atoms with Gasteiger partial charge in [0.15, 0.2) is 5.82 Å². The summed E-state index contributed by atoms with van der Waals surface area (Å²) >= 11 is 11.2. The lowest BCUT2D eigenvalue weighted by Gasteiger charge is -2.15. The lowest BCUT2D eigenvalue weighted by Crippen LogP contribution is -2.39. The van der Waals surface area contributed by atoms with Crippen molar-refractivity contribution in [3.05, 3.63) is 28.0 Å². The van der Waals surface area contributed by atoms with Crippen molar-refractivity contribution in [1.29, 1.82) is 0 Å². The Labute approximate surface area is 109 Å². The third kappa shape index (κ3) is 3.56. The maximum absolute atomic E-state index is 13.1. The molecule has 1 aromatic carbocycles. The van der Waals surface area contributed by atoms with Crippen LogP contribution < -0.4 is 11.1 Å². The normalized spacial score (nSPS) is 12.6. The molecule has 0 bridgehead atoms. The third-order valence-corrected chi connectivity index (χ3v) is 2.82. The van der Waals surface area contributed by atoms with Gasteiger partial charge in [0.1, 0.15) is 0 Å². The van der Waals surface area contributed by atoms with E-state index in [1.165, 1.54) is 12.1 Å². The van der Waals surface area contributed by atoms with Gasteiger partial charge in [0.2, 0.25) is 5.91 Å². The number of halogens is 3. The standard InChI is InChI=1S/C11H13Cl2FN2O/c1-5(2)10(15)11(17)16-6-3-7(12)9(14)8(13)4-6/h3-5,10H,15H2,1-2H3,(H,16,17)/t10-/m1/s1. The highest BCUT2D eigenvalue weighted by molar-refractivity contribution is 6.35. The summed E-state index contributed by atoms with van der Waals surface area (Å²) in [6.45, 7) is 3.66. The number of carbonyl (C=O) groups is 1. The molecule has 3 nitrogen and oxygen atoms in total. The molecule has 1 amide bonds. The first kappa shape index (κ1) is 14.2. The van der Waals surface area contributed by atoms with Crippen molar-refractivity contribution >= 4 is 34.8 Å². The molecule has 0 aromatic heterocycles. The monoisotopic (exact) mass is 278 g/mol. The second-order valence-electron chi connectivity index (χ2n) is 4.01. The number of benzene rings is 1. The summed E-state index contributed by atoms with van der Waals surface area (Å²) in [4.78, 5) is 11.6. The van der Waals surface area contributed by atoms with Crippen LogP contribution in [0.15, 0.2) is 12.1 Å². The van der Waals surface area contributed by atoms with E-state index in [1.54, 1.807) is 0 Å². The van der Waals surface area contributed by atoms with Crippen molar-refractivity contribution < 1.29 is 9.18 Å². The molecule has 0 aliphatic rings. The Morgan fingerprint density at radius 2 is 1.82 bits per heavy atom. The third-order valence-electron chi connectivity index (χ3n) is 2.27. The van der Waals surface area contributed by atoms with Crippen LogP contribution in [0.2, 0.25) is 10.0 Å². The van der Waals surface area contributed by atoms with Crippen LogP contribution in [0.4, 0.5) is 10.1 Å². The number of hydrogen-bond acceptors (Lipinski definition) is 2. The zero-order valence-corrected chi connectivity index (χ0v) is 10.9. The molecular formula is C11H13Cl2FN2O. The summed E-state index contributed by atoms with van der Waals surface area (Å²) in [6, 6.07) is 1.93. The van der Waals surface area contributed by atoms with Crippen molar-refractivity contribution in [3.8, 4) is 0 Å². The molecule has 0 radical (unpaired) electrons. The highest BCUT2D eigenvalue weighted by Gasteiger charge is 2.18. The summed E-state index contributed by atoms with van der Waals surface area (Å²) in [5, 5.41) is 2.24. The summed E-state index contributed by atoms with van der Waals surface area (Å²) in [7, 11) is 0. The minimum Gasteiger partial charge on any atom is -0.325 e. The van der Waals surface area contributed by atoms with Gasteiger partial charge < -0.3 is 11.1 Å². The summed E-state index contributed by atoms with van der Waals surface area (Å²) in [6.07, 6.45) is 0. The van der Waals surface area contributed by atoms with E-state index in [2.05, 4.69) is 5.32 Å². The quantitative estimate of drug-likeness (QED) is 0.835. The van der Waals surface area contributed by atoms with Crippen LogP contribution in [-0.4, -0.2) is 11.9 Å². The Morgan fingerprint density at radius 1 is 1.35 bits per heavy atom. The first-order chi connectivity index (χ1) is 7.82. The van der Waals surface area contributed by atoms with Gasteiger partial charge >= 0.3 is 0 Å². The lowest BCUT2D eigenvalue weighted by molar-refractivity contribution is -0.118. The molecule has 17 heavy (non-hydrogen) atoms. The average Bonchev–Trinajstić information content (AvgIpc) is 2.24. The summed E-state index contributed by atoms with van der Waals surface area (Å²) < 4.78 is 13.1. The molecule has 1 rings (SSSR count). The maximum atomic E-state index is 13.1. The van der Waals surface area contributed by atoms with Crippen molar-refractivity contribution in [2.45, 2.75) is 19.9 Å². The zero-order valence-electron chi connectivity index (χ0n) is 9.43. The van der Waals surface area contributed by atoms with Gasteiger partial charge in [0.25, 0.3) is 0 Å². The molecule has 0 unspecified atom stereocenters. The number of nitrogens with two attached hydrogens (primary N) is 1. The second-order valence-corrected chi connectivity index (χ2v) is 4.83. The van der Waals surface area contributed by atoms with Crippen LogP contribution >= 0.6 is 23.2 Å². The van der Waals surface area contributed by atoms with Gasteiger partial charge in [-0.1, -0.05) is 37.0 Å². The van der Waals surface area contributed by atoms with E-state index in [0.717, 1.165) is 0 Å². The van der Waals surface area contributed by atoms with Crippen LogP contribution in [0.1, 0.15) is 13.8 Å². The van der Waals surface area contributed by atoms with Crippen LogP contribution in [0.3, 0.4) is 0 Å². The largest absolute Gasteiger partial charge is 0.325 e. The number of nitrogens with one attached hydrogen (secondary N) is 1. The van der Waals surface area contributed by atoms with Gasteiger partial charge in [-0.25, -0.2) is 4.39 Å². The molecule has 0 fully saturated rings. The molecule has 6 heteroatoms. The van der Waals surface area contributed by atoms with Crippen molar-refractivity contribution in [2.24, 2.45) is 11.7 Å². The second kappa shape index (κ2) is 5.67. The fraction of sp³-hybridized carbons (Fsp3) is 0.364. The van der Waals surface area contributed by atoms with Crippen LogP contribution in [0.25, 0.3) is 0 Å². The predicted molar refractivity (Wildman–Crippen MR) is 67.9 cm³/mol. The molecule has 1 atom stereocenters. The van der Waals surface area contributed by atoms with E-state index in [-0.39, 0.29) is 21.9 Å². The number of rotatable bonds is 3. The molecule has 94 valence electrons. The SMILES string of the molecule is CC(C)[C@@H](N)C(=O)Nc1cc(Cl)c(F)c(Cl)c1. The molecule has 0 aliphatic carbocycles. The van der Waals surface area contributed by atoms with E-state index < -0.39 is 11.9 Å². The minimum atomic E-state index is -0.709. The molecule has 3 N–H and O–H groups in total. The number of anilines is 1. The lowest BCUT2D eigenvalue weighted by atomic mass is 10.1. The van der Waals surface area contributed by atoms with Gasteiger partial charge in [-0.3, -0.25) is 4.79 Å². The first-order valence-corrected chi connectivity index (χ1v) is 5.79. The molecule has 0 spiro atoms. The molecule has 1 aromatic rings. The number of carbonyl (C=O) groups excluding carboxylic acids is 1.